The number of hydrogen-bond donors (Lipinski definition) is 1. The molecule has 0 aliphatic rings. The quantitative estimate of drug-likeness (QED) is 0.424. The summed E-state index contributed by atoms with van der Waals surface area (Å²) in [6.07, 6.45) is 0. The van der Waals surface area contributed by atoms with E-state index in [4.69, 9.17) is 4.80 Å². The zero-order valence-corrected chi connectivity index (χ0v) is 3.76. The molecule has 0 aliphatic carbocycles. The average Bonchev–Trinajstić information content (AvgIpc) is 1.38. The van der Waals surface area contributed by atoms with Crippen LogP contribution in [0.25, 0.3) is 0 Å². The van der Waals surface area contributed by atoms with Crippen molar-refractivity contribution in [2.24, 2.45) is 0 Å². The third-order valence-corrected chi connectivity index (χ3v) is 0.524. The maximum atomic E-state index is 9.33. The Labute approximate surface area is 31.1 Å². The van der Waals surface area contributed by atoms with E-state index in [0.29, 0.717) is 0 Å². The van der Waals surface area contributed by atoms with Crippen molar-refractivity contribution >= 4 is 9.17 Å². The molecule has 0 fully saturated rings. The maximum Gasteiger partial charge on any atom is 0.764 e. The van der Waals surface area contributed by atoms with Crippen molar-refractivity contribution in [3.05, 3.63) is 0 Å². The van der Waals surface area contributed by atoms with Gasteiger partial charge in [0.05, 0.1) is 7.11 Å². The first-order valence-corrected chi connectivity index (χ1v) is 2.30. The van der Waals surface area contributed by atoms with Crippen LogP contribution in [-0.4, -0.2) is 21.1 Å². The highest BCUT2D eigenvalue weighted by Gasteiger charge is 1.93. The van der Waals surface area contributed by atoms with Gasteiger partial charge in [-0.3, -0.25) is 4.46 Å². The normalized spacial score (nSPS) is 6.60. The fourth-order valence-electron chi connectivity index (χ4n) is 0. The van der Waals surface area contributed by atoms with Crippen molar-refractivity contribution in [2.45, 2.75) is 0 Å². The molecular weight excluding hydrogens is 88.1 g/mol. The molecule has 3 nitrogen and oxygen atoms in total. The second-order valence-corrected chi connectivity index (χ2v) is 1.41. The Bertz CT molecular complexity index is 42.2. The van der Waals surface area contributed by atoms with E-state index in [2.05, 4.69) is 4.43 Å². The third-order valence-electron chi connectivity index (χ3n) is 0.175. The van der Waals surface area contributed by atoms with Crippen molar-refractivity contribution in [3.63, 3.8) is 0 Å². The molecule has 0 rings (SSSR count). The molecule has 0 aliphatic heterocycles. The van der Waals surface area contributed by atoms with Gasteiger partial charge in [0.2, 0.25) is 0 Å². The van der Waals surface area contributed by atoms with E-state index in [1.165, 1.54) is 7.11 Å². The molecule has 0 aromatic carbocycles. The summed E-state index contributed by atoms with van der Waals surface area (Å²) in [4.78, 5) is 7.69. The third kappa shape index (κ3) is 3.62. The van der Waals surface area contributed by atoms with Crippen LogP contribution in [0.2, 0.25) is 0 Å². The minimum Gasteiger partial charge on any atom is -0.511 e. The van der Waals surface area contributed by atoms with Crippen LogP contribution in [0.5, 0.6) is 0 Å². The molecule has 0 saturated carbocycles. The van der Waals surface area contributed by atoms with E-state index < -0.39 is 9.17 Å². The summed E-state index contributed by atoms with van der Waals surface area (Å²) in [5.41, 5.74) is 0. The first kappa shape index (κ1) is 4.62. The number of hydrogen-bond acceptors (Lipinski definition) is 2. The van der Waals surface area contributed by atoms with E-state index in [-0.39, 0.29) is 0 Å². The standard InChI is InChI=1S/CH4O3Si/c1-4-5(2)3/h2H,1H3. The highest BCUT2D eigenvalue weighted by atomic mass is 28.3. The lowest BCUT2D eigenvalue weighted by atomic mass is 11.8. The smallest absolute Gasteiger partial charge is 0.511 e. The van der Waals surface area contributed by atoms with Gasteiger partial charge in [-0.25, -0.2) is 0 Å². The SMILES string of the molecule is CO[Si](=O)O. The van der Waals surface area contributed by atoms with Crippen LogP contribution in [0, 0.1) is 0 Å². The summed E-state index contributed by atoms with van der Waals surface area (Å²) in [6.45, 7) is 0. The molecule has 0 spiro atoms. The predicted molar refractivity (Wildman–Crippen MR) is 15.7 cm³/mol. The Hall–Kier alpha value is -0.383. The minimum atomic E-state index is -2.62. The Kier molecular flexibility index (Phi) is 1.75. The van der Waals surface area contributed by atoms with Crippen LogP contribution in [0.1, 0.15) is 0 Å². The molecule has 0 amide bonds. The molecule has 0 unspecified atom stereocenters. The van der Waals surface area contributed by atoms with Gasteiger partial charge < -0.3 is 9.22 Å². The molecule has 0 radical (unpaired) electrons. The van der Waals surface area contributed by atoms with E-state index in [1.54, 1.807) is 0 Å². The van der Waals surface area contributed by atoms with Gasteiger partial charge in [-0.05, 0) is 0 Å². The Morgan fingerprint density at radius 1 is 2.00 bits per heavy atom. The van der Waals surface area contributed by atoms with Crippen molar-refractivity contribution in [3.8, 4) is 0 Å². The second kappa shape index (κ2) is 1.89. The topological polar surface area (TPSA) is 46.5 Å². The minimum absolute atomic E-state index is 1.18. The summed E-state index contributed by atoms with van der Waals surface area (Å²) >= 11 is 0. The lowest BCUT2D eigenvalue weighted by Gasteiger charge is -1.76. The lowest BCUT2D eigenvalue weighted by Crippen LogP contribution is -1.98. The monoisotopic (exact) mass is 92.0 g/mol. The average molecular weight is 92.1 g/mol. The van der Waals surface area contributed by atoms with Gasteiger partial charge in [-0.2, -0.15) is 0 Å². The van der Waals surface area contributed by atoms with Gasteiger partial charge in [0.15, 0.2) is 0 Å². The molecule has 0 bridgehead atoms. The van der Waals surface area contributed by atoms with Gasteiger partial charge >= 0.3 is 9.17 Å². The zero-order chi connectivity index (χ0) is 4.28. The predicted octanol–water partition coefficient (Wildman–Crippen LogP) is -0.960. The molecule has 0 heterocycles. The molecule has 0 aromatic heterocycles. The molecule has 0 saturated heterocycles. The summed E-state index contributed by atoms with van der Waals surface area (Å²) < 4.78 is 13.2. The summed E-state index contributed by atoms with van der Waals surface area (Å²) in [5.74, 6) is 0. The summed E-state index contributed by atoms with van der Waals surface area (Å²) in [6, 6.07) is 0. The van der Waals surface area contributed by atoms with Crippen molar-refractivity contribution in [1.82, 2.24) is 0 Å². The fraction of sp³-hybridized carbons (Fsp3) is 1.00. The summed E-state index contributed by atoms with van der Waals surface area (Å²) in [5, 5.41) is 0. The van der Waals surface area contributed by atoms with E-state index in [1.807, 2.05) is 0 Å². The molecule has 0 atom stereocenters. The number of rotatable bonds is 1. The van der Waals surface area contributed by atoms with Gasteiger partial charge in [0.1, 0.15) is 0 Å². The Morgan fingerprint density at radius 2 is 2.20 bits per heavy atom. The molecule has 30 valence electrons. The molecular formula is CH4O3Si. The van der Waals surface area contributed by atoms with Gasteiger partial charge in [-0.15, -0.1) is 0 Å². The first-order valence-electron chi connectivity index (χ1n) is 1.04. The van der Waals surface area contributed by atoms with Gasteiger partial charge in [0.25, 0.3) is 0 Å². The van der Waals surface area contributed by atoms with Crippen molar-refractivity contribution in [2.75, 3.05) is 7.11 Å². The Balaban J connectivity index is 2.85. The van der Waals surface area contributed by atoms with Crippen LogP contribution in [0.3, 0.4) is 0 Å². The first-order chi connectivity index (χ1) is 2.27. The van der Waals surface area contributed by atoms with E-state index >= 15 is 0 Å². The van der Waals surface area contributed by atoms with Gasteiger partial charge in [0, 0.05) is 0 Å². The van der Waals surface area contributed by atoms with Crippen LogP contribution in [-0.2, 0) is 8.89 Å². The molecule has 5 heavy (non-hydrogen) atoms. The van der Waals surface area contributed by atoms with E-state index in [0.717, 1.165) is 0 Å². The van der Waals surface area contributed by atoms with Crippen LogP contribution >= 0.6 is 0 Å². The molecule has 0 aromatic rings. The Morgan fingerprint density at radius 3 is 2.20 bits per heavy atom. The highest BCUT2D eigenvalue weighted by Crippen LogP contribution is 1.50. The van der Waals surface area contributed by atoms with E-state index in [9.17, 15) is 4.46 Å². The fourth-order valence-corrected chi connectivity index (χ4v) is 0. The lowest BCUT2D eigenvalue weighted by molar-refractivity contribution is 0.275. The van der Waals surface area contributed by atoms with Crippen LogP contribution in [0.15, 0.2) is 0 Å². The largest absolute Gasteiger partial charge is 0.764 e. The van der Waals surface area contributed by atoms with Crippen molar-refractivity contribution < 1.29 is 13.7 Å². The highest BCUT2D eigenvalue weighted by molar-refractivity contribution is 6.23. The van der Waals surface area contributed by atoms with Crippen molar-refractivity contribution in [1.29, 1.82) is 0 Å². The maximum absolute atomic E-state index is 9.33. The molecule has 1 N–H and O–H groups in total. The van der Waals surface area contributed by atoms with Gasteiger partial charge in [-0.1, -0.05) is 0 Å². The zero-order valence-electron chi connectivity index (χ0n) is 2.76. The van der Waals surface area contributed by atoms with Crippen LogP contribution < -0.4 is 0 Å². The molecule has 4 heteroatoms. The van der Waals surface area contributed by atoms with Crippen LogP contribution in [0.4, 0.5) is 0 Å². The summed E-state index contributed by atoms with van der Waals surface area (Å²) in [7, 11) is -1.44. The second-order valence-electron chi connectivity index (χ2n) is 0.470.